The van der Waals surface area contributed by atoms with Crippen molar-refractivity contribution in [1.29, 1.82) is 0 Å². The first-order valence-corrected chi connectivity index (χ1v) is 8.78. The minimum atomic E-state index is -4.49. The summed E-state index contributed by atoms with van der Waals surface area (Å²) >= 11 is 0. The van der Waals surface area contributed by atoms with Crippen LogP contribution in [0.3, 0.4) is 0 Å². The molecule has 1 fully saturated rings. The molecule has 3 heterocycles. The lowest BCUT2D eigenvalue weighted by Gasteiger charge is -2.34. The Morgan fingerprint density at radius 2 is 2.00 bits per heavy atom. The lowest BCUT2D eigenvalue weighted by Crippen LogP contribution is -2.51. The van der Waals surface area contributed by atoms with Crippen LogP contribution >= 0.6 is 0 Å². The Bertz CT molecular complexity index is 874. The van der Waals surface area contributed by atoms with Crippen LogP contribution in [-0.2, 0) is 11.0 Å². The summed E-state index contributed by atoms with van der Waals surface area (Å²) in [5, 5.41) is 0. The van der Waals surface area contributed by atoms with Gasteiger partial charge in [0.25, 0.3) is 0 Å². The second-order valence-electron chi connectivity index (χ2n) is 6.60. The first kappa shape index (κ1) is 20.8. The minimum Gasteiger partial charge on any atom is -0.489 e. The predicted octanol–water partition coefficient (Wildman–Crippen LogP) is 2.21. The monoisotopic (exact) mass is 413 g/mol. The zero-order chi connectivity index (χ0) is 21.2. The summed E-state index contributed by atoms with van der Waals surface area (Å²) in [5.74, 6) is -1.24. The Kier molecular flexibility index (Phi) is 5.87. The van der Waals surface area contributed by atoms with E-state index in [0.717, 1.165) is 6.07 Å². The molecule has 29 heavy (non-hydrogen) atoms. The number of pyridine rings is 2. The Balaban J connectivity index is 1.72. The van der Waals surface area contributed by atoms with Gasteiger partial charge in [-0.05, 0) is 19.1 Å². The highest BCUT2D eigenvalue weighted by Gasteiger charge is 2.32. The van der Waals surface area contributed by atoms with Crippen LogP contribution in [-0.4, -0.2) is 48.2 Å². The molecule has 2 aromatic rings. The average molecular weight is 413 g/mol. The van der Waals surface area contributed by atoms with Gasteiger partial charge in [-0.15, -0.1) is 0 Å². The molecule has 1 aliphatic heterocycles. The molecule has 0 saturated carbocycles. The molecule has 11 heteroatoms. The molecule has 2 N–H and O–H groups in total. The van der Waals surface area contributed by atoms with Gasteiger partial charge in [-0.3, -0.25) is 9.69 Å². The van der Waals surface area contributed by atoms with E-state index in [4.69, 9.17) is 10.5 Å². The van der Waals surface area contributed by atoms with Gasteiger partial charge in [0.1, 0.15) is 12.4 Å². The second-order valence-corrected chi connectivity index (χ2v) is 6.60. The number of hydrogen-bond acceptors (Lipinski definition) is 6. The smallest absolute Gasteiger partial charge is 0.417 e. The summed E-state index contributed by atoms with van der Waals surface area (Å²) < 4.78 is 58.0. The first-order valence-electron chi connectivity index (χ1n) is 8.78. The molecule has 2 aromatic heterocycles. The van der Waals surface area contributed by atoms with Crippen molar-refractivity contribution in [2.45, 2.75) is 19.1 Å². The van der Waals surface area contributed by atoms with Crippen LogP contribution < -0.4 is 20.3 Å². The zero-order valence-corrected chi connectivity index (χ0v) is 15.5. The van der Waals surface area contributed by atoms with E-state index in [-0.39, 0.29) is 49.7 Å². The third kappa shape index (κ3) is 4.73. The van der Waals surface area contributed by atoms with Crippen LogP contribution in [0.25, 0.3) is 0 Å². The molecule has 0 bridgehead atoms. The molecule has 1 saturated heterocycles. The van der Waals surface area contributed by atoms with Crippen molar-refractivity contribution in [2.75, 3.05) is 36.0 Å². The third-order valence-electron chi connectivity index (χ3n) is 4.21. The Labute approximate surface area is 164 Å². The number of amides is 1. The molecule has 1 unspecified atom stereocenters. The number of ether oxygens (including phenoxy) is 1. The van der Waals surface area contributed by atoms with Gasteiger partial charge in [-0.25, -0.2) is 9.97 Å². The molecule has 0 radical (unpaired) electrons. The fourth-order valence-corrected chi connectivity index (χ4v) is 2.77. The number of nitrogens with two attached hydrogens (primary N) is 1. The lowest BCUT2D eigenvalue weighted by atomic mass is 10.2. The van der Waals surface area contributed by atoms with Crippen molar-refractivity contribution in [3.63, 3.8) is 0 Å². The van der Waals surface area contributed by atoms with Gasteiger partial charge in [-0.2, -0.15) is 17.6 Å². The average Bonchev–Trinajstić information content (AvgIpc) is 2.67. The molecule has 156 valence electrons. The van der Waals surface area contributed by atoms with Crippen molar-refractivity contribution < 1.29 is 27.1 Å². The van der Waals surface area contributed by atoms with E-state index in [1.165, 1.54) is 28.1 Å². The van der Waals surface area contributed by atoms with Gasteiger partial charge in [0.05, 0.1) is 12.1 Å². The molecule has 3 rings (SSSR count). The highest BCUT2D eigenvalue weighted by atomic mass is 19.4. The van der Waals surface area contributed by atoms with E-state index in [2.05, 4.69) is 9.97 Å². The van der Waals surface area contributed by atoms with Gasteiger partial charge < -0.3 is 15.4 Å². The van der Waals surface area contributed by atoms with Crippen LogP contribution in [0.2, 0.25) is 0 Å². The van der Waals surface area contributed by atoms with Crippen molar-refractivity contribution in [2.24, 2.45) is 5.73 Å². The Hall–Kier alpha value is -2.95. The van der Waals surface area contributed by atoms with Crippen molar-refractivity contribution in [3.8, 4) is 5.75 Å². The van der Waals surface area contributed by atoms with E-state index >= 15 is 0 Å². The Morgan fingerprint density at radius 1 is 1.24 bits per heavy atom. The minimum absolute atomic E-state index is 0.0630. The van der Waals surface area contributed by atoms with E-state index in [9.17, 15) is 22.4 Å². The second kappa shape index (κ2) is 8.19. The van der Waals surface area contributed by atoms with Gasteiger partial charge in [0, 0.05) is 37.6 Å². The summed E-state index contributed by atoms with van der Waals surface area (Å²) in [7, 11) is 0. The number of carbonyl (C=O) groups is 1. The molecule has 1 atom stereocenters. The van der Waals surface area contributed by atoms with Gasteiger partial charge in [0.15, 0.2) is 11.6 Å². The van der Waals surface area contributed by atoms with E-state index in [1.807, 2.05) is 0 Å². The molecule has 1 amide bonds. The van der Waals surface area contributed by atoms with Crippen molar-refractivity contribution in [1.82, 2.24) is 9.97 Å². The lowest BCUT2D eigenvalue weighted by molar-refractivity contribution is -0.137. The third-order valence-corrected chi connectivity index (χ3v) is 4.21. The fourth-order valence-electron chi connectivity index (χ4n) is 2.77. The number of rotatable bonds is 5. The standard InChI is InChI=1S/C18H19F4N5O2/c1-11(23)10-29-13-4-5-24-17(16(13)19)27-7-6-26(9-15(27)28)14-3-2-12(8-25-14)18(20,21)22/h2-5,8,11H,6-7,9-10,23H2,1H3. The van der Waals surface area contributed by atoms with Crippen molar-refractivity contribution >= 4 is 17.5 Å². The highest BCUT2D eigenvalue weighted by molar-refractivity contribution is 5.97. The molecule has 1 aliphatic rings. The fraction of sp³-hybridized carbons (Fsp3) is 0.389. The van der Waals surface area contributed by atoms with Crippen LogP contribution in [0.1, 0.15) is 12.5 Å². The number of carbonyl (C=O) groups excluding carboxylic acids is 1. The van der Waals surface area contributed by atoms with Gasteiger partial charge in [0.2, 0.25) is 11.7 Å². The van der Waals surface area contributed by atoms with Gasteiger partial charge >= 0.3 is 6.18 Å². The number of nitrogens with zero attached hydrogens (tertiary/aromatic N) is 4. The van der Waals surface area contributed by atoms with Crippen LogP contribution in [0, 0.1) is 5.82 Å². The molecular formula is C18H19F4N5O2. The topological polar surface area (TPSA) is 84.6 Å². The molecular weight excluding hydrogens is 394 g/mol. The van der Waals surface area contributed by atoms with E-state index < -0.39 is 23.5 Å². The summed E-state index contributed by atoms with van der Waals surface area (Å²) in [6.07, 6.45) is -2.45. The summed E-state index contributed by atoms with van der Waals surface area (Å²) in [5.41, 5.74) is 4.72. The molecule has 0 spiro atoms. The SMILES string of the molecule is CC(N)COc1ccnc(N2CCN(c3ccc(C(F)(F)F)cn3)CC2=O)c1F. The number of alkyl halides is 3. The zero-order valence-electron chi connectivity index (χ0n) is 15.5. The number of piperazine rings is 1. The molecule has 7 nitrogen and oxygen atoms in total. The first-order chi connectivity index (χ1) is 13.7. The highest BCUT2D eigenvalue weighted by Crippen LogP contribution is 2.30. The van der Waals surface area contributed by atoms with Gasteiger partial charge in [-0.1, -0.05) is 0 Å². The number of anilines is 2. The molecule has 0 aromatic carbocycles. The maximum atomic E-state index is 14.7. The number of hydrogen-bond donors (Lipinski definition) is 1. The quantitative estimate of drug-likeness (QED) is 0.757. The summed E-state index contributed by atoms with van der Waals surface area (Å²) in [6.45, 7) is 1.96. The Morgan fingerprint density at radius 3 is 2.59 bits per heavy atom. The predicted molar refractivity (Wildman–Crippen MR) is 97.1 cm³/mol. The van der Waals surface area contributed by atoms with Crippen LogP contribution in [0.5, 0.6) is 5.75 Å². The number of aromatic nitrogens is 2. The normalized spacial score (nSPS) is 16.1. The summed E-state index contributed by atoms with van der Waals surface area (Å²) in [4.78, 5) is 23.0. The molecule has 0 aliphatic carbocycles. The van der Waals surface area contributed by atoms with Crippen LogP contribution in [0.15, 0.2) is 30.6 Å². The number of halogens is 4. The van der Waals surface area contributed by atoms with E-state index in [1.54, 1.807) is 6.92 Å². The van der Waals surface area contributed by atoms with Crippen molar-refractivity contribution in [3.05, 3.63) is 42.0 Å². The van der Waals surface area contributed by atoms with Crippen LogP contribution in [0.4, 0.5) is 29.2 Å². The summed E-state index contributed by atoms with van der Waals surface area (Å²) in [6, 6.07) is 3.15. The van der Waals surface area contributed by atoms with E-state index in [0.29, 0.717) is 6.20 Å². The largest absolute Gasteiger partial charge is 0.489 e. The maximum absolute atomic E-state index is 14.7. The maximum Gasteiger partial charge on any atom is 0.417 e.